The van der Waals surface area contributed by atoms with Gasteiger partial charge in [0.2, 0.25) is 0 Å². The van der Waals surface area contributed by atoms with Crippen molar-refractivity contribution in [3.63, 3.8) is 0 Å². The Balaban J connectivity index is 0.00000312. The molecule has 5 nitrogen and oxygen atoms in total. The van der Waals surface area contributed by atoms with Crippen molar-refractivity contribution in [3.8, 4) is 5.75 Å². The van der Waals surface area contributed by atoms with Crippen LogP contribution in [0.3, 0.4) is 0 Å². The van der Waals surface area contributed by atoms with Crippen molar-refractivity contribution in [1.29, 1.82) is 0 Å². The summed E-state index contributed by atoms with van der Waals surface area (Å²) >= 11 is 5.69. The topological polar surface area (TPSA) is 72.5 Å². The lowest BCUT2D eigenvalue weighted by Gasteiger charge is -2.14. The highest BCUT2D eigenvalue weighted by molar-refractivity contribution is 14.0. The monoisotopic (exact) mass is 486 g/mol. The Kier molecular flexibility index (Phi) is 8.23. The normalized spacial score (nSPS) is 11.6. The summed E-state index contributed by atoms with van der Waals surface area (Å²) in [6.07, 6.45) is -2.60. The molecule has 0 atom stereocenters. The molecular weight excluding hydrogens is 472 g/mol. The average molecular weight is 487 g/mol. The number of pyridine rings is 1. The van der Waals surface area contributed by atoms with Crippen molar-refractivity contribution in [1.82, 2.24) is 4.98 Å². The van der Waals surface area contributed by atoms with Crippen LogP contribution in [0.4, 0.5) is 18.9 Å². The molecule has 3 N–H and O–H groups in total. The predicted molar refractivity (Wildman–Crippen MR) is 102 cm³/mol. The molecule has 0 saturated carbocycles. The van der Waals surface area contributed by atoms with Gasteiger partial charge >= 0.3 is 6.36 Å². The molecular formula is C15H15ClF3IN4O. The number of anilines is 1. The molecule has 0 bridgehead atoms. The maximum absolute atomic E-state index is 12.4. The maximum Gasteiger partial charge on any atom is 0.573 e. The van der Waals surface area contributed by atoms with Crippen molar-refractivity contribution in [2.24, 2.45) is 10.7 Å². The first-order valence-corrected chi connectivity index (χ1v) is 7.23. The molecule has 0 radical (unpaired) electrons. The summed E-state index contributed by atoms with van der Waals surface area (Å²) in [4.78, 5) is 8.00. The molecule has 1 aromatic heterocycles. The molecule has 0 spiro atoms. The minimum atomic E-state index is -4.79. The van der Waals surface area contributed by atoms with Gasteiger partial charge in [-0.15, -0.1) is 37.1 Å². The average Bonchev–Trinajstić information content (AvgIpc) is 2.50. The highest BCUT2D eigenvalue weighted by atomic mass is 127. The second kappa shape index (κ2) is 9.66. The third kappa shape index (κ3) is 7.78. The molecule has 2 rings (SSSR count). The highest BCUT2D eigenvalue weighted by Gasteiger charge is 2.32. The lowest BCUT2D eigenvalue weighted by Crippen LogP contribution is -2.24. The predicted octanol–water partition coefficient (Wildman–Crippen LogP) is 4.22. The number of nitrogens with two attached hydrogens (primary N) is 1. The number of aromatic nitrogens is 1. The van der Waals surface area contributed by atoms with Crippen LogP contribution < -0.4 is 15.8 Å². The number of hydrogen-bond donors (Lipinski definition) is 2. The van der Waals surface area contributed by atoms with Gasteiger partial charge in [-0.05, 0) is 30.2 Å². The summed E-state index contributed by atoms with van der Waals surface area (Å²) in [5.41, 5.74) is 6.68. The summed E-state index contributed by atoms with van der Waals surface area (Å²) in [6.45, 7) is 0.338. The lowest BCUT2D eigenvalue weighted by atomic mass is 10.2. The number of benzene rings is 1. The molecule has 10 heteroatoms. The summed E-state index contributed by atoms with van der Waals surface area (Å²) < 4.78 is 41.0. The number of guanidine groups is 1. The van der Waals surface area contributed by atoms with E-state index in [9.17, 15) is 13.2 Å². The zero-order chi connectivity index (χ0) is 17.6. The smallest absolute Gasteiger partial charge is 0.404 e. The summed E-state index contributed by atoms with van der Waals surface area (Å²) in [7, 11) is 0. The second-order valence-corrected chi connectivity index (χ2v) is 5.06. The summed E-state index contributed by atoms with van der Waals surface area (Å²) in [6, 6.07) is 9.04. The van der Waals surface area contributed by atoms with Crippen LogP contribution >= 0.6 is 35.6 Å². The standard InChI is InChI=1S/C15H14ClF3N4O.HI/c16-13-6-5-10(9-22-13)7-8-21-14(20)23-11-3-1-2-4-12(11)24-15(17,18)19;/h1-6,9H,7-8H2,(H3,20,21,23);1H. The number of alkyl halides is 3. The van der Waals surface area contributed by atoms with Gasteiger partial charge in [0, 0.05) is 12.7 Å². The SMILES string of the molecule is I.NC(=NCCc1ccc(Cl)nc1)Nc1ccccc1OC(F)(F)F. The third-order valence-corrected chi connectivity index (χ3v) is 3.07. The Labute approximate surface area is 164 Å². The van der Waals surface area contributed by atoms with E-state index in [1.165, 1.54) is 18.2 Å². The van der Waals surface area contributed by atoms with E-state index in [1.54, 1.807) is 24.4 Å². The summed E-state index contributed by atoms with van der Waals surface area (Å²) in [5, 5.41) is 2.99. The van der Waals surface area contributed by atoms with Crippen LogP contribution in [-0.4, -0.2) is 23.9 Å². The third-order valence-electron chi connectivity index (χ3n) is 2.85. The number of nitrogens with one attached hydrogen (secondary N) is 1. The van der Waals surface area contributed by atoms with Crippen LogP contribution in [0, 0.1) is 0 Å². The van der Waals surface area contributed by atoms with Crippen molar-refractivity contribution in [3.05, 3.63) is 53.3 Å². The number of para-hydroxylation sites is 2. The lowest BCUT2D eigenvalue weighted by molar-refractivity contribution is -0.274. The van der Waals surface area contributed by atoms with Gasteiger partial charge in [-0.2, -0.15) is 0 Å². The molecule has 136 valence electrons. The van der Waals surface area contributed by atoms with Crippen molar-refractivity contribution in [2.45, 2.75) is 12.8 Å². The number of hydrogen-bond acceptors (Lipinski definition) is 3. The molecule has 25 heavy (non-hydrogen) atoms. The number of halogens is 5. The number of rotatable bonds is 5. The Morgan fingerprint density at radius 3 is 2.60 bits per heavy atom. The van der Waals surface area contributed by atoms with E-state index in [2.05, 4.69) is 20.0 Å². The quantitative estimate of drug-likeness (QED) is 0.287. The first-order valence-electron chi connectivity index (χ1n) is 6.85. The molecule has 2 aromatic rings. The van der Waals surface area contributed by atoms with Crippen LogP contribution in [0.5, 0.6) is 5.75 Å². The molecule has 0 aliphatic carbocycles. The van der Waals surface area contributed by atoms with Crippen LogP contribution in [0.25, 0.3) is 0 Å². The number of nitrogens with zero attached hydrogens (tertiary/aromatic N) is 2. The van der Waals surface area contributed by atoms with E-state index in [4.69, 9.17) is 17.3 Å². The molecule has 0 amide bonds. The van der Waals surface area contributed by atoms with Gasteiger partial charge in [0.15, 0.2) is 11.7 Å². The van der Waals surface area contributed by atoms with E-state index in [0.717, 1.165) is 5.56 Å². The first kappa shape index (κ1) is 21.3. The van der Waals surface area contributed by atoms with E-state index in [1.807, 2.05) is 0 Å². The zero-order valence-electron chi connectivity index (χ0n) is 12.8. The minimum Gasteiger partial charge on any atom is -0.404 e. The van der Waals surface area contributed by atoms with Gasteiger partial charge in [-0.25, -0.2) is 4.98 Å². The fraction of sp³-hybridized carbons (Fsp3) is 0.200. The molecule has 0 aliphatic heterocycles. The Morgan fingerprint density at radius 1 is 1.24 bits per heavy atom. The van der Waals surface area contributed by atoms with Crippen molar-refractivity contribution >= 4 is 47.2 Å². The van der Waals surface area contributed by atoms with Gasteiger partial charge in [0.25, 0.3) is 0 Å². The van der Waals surface area contributed by atoms with Gasteiger partial charge in [0.05, 0.1) is 5.69 Å². The van der Waals surface area contributed by atoms with E-state index < -0.39 is 6.36 Å². The van der Waals surface area contributed by atoms with Gasteiger partial charge in [-0.1, -0.05) is 29.8 Å². The molecule has 0 unspecified atom stereocenters. The molecule has 0 saturated heterocycles. The minimum absolute atomic E-state index is 0. The van der Waals surface area contributed by atoms with E-state index in [0.29, 0.717) is 18.1 Å². The Bertz CT molecular complexity index is 711. The Hall–Kier alpha value is -1.75. The van der Waals surface area contributed by atoms with Crippen LogP contribution in [-0.2, 0) is 6.42 Å². The largest absolute Gasteiger partial charge is 0.573 e. The Morgan fingerprint density at radius 2 is 1.96 bits per heavy atom. The van der Waals surface area contributed by atoms with Gasteiger partial charge in [-0.3, -0.25) is 4.99 Å². The van der Waals surface area contributed by atoms with Crippen LogP contribution in [0.1, 0.15) is 5.56 Å². The molecule has 0 aliphatic rings. The van der Waals surface area contributed by atoms with Crippen LogP contribution in [0.2, 0.25) is 5.15 Å². The van der Waals surface area contributed by atoms with E-state index in [-0.39, 0.29) is 41.4 Å². The molecule has 1 heterocycles. The number of aliphatic imine (C=N–C) groups is 1. The zero-order valence-corrected chi connectivity index (χ0v) is 15.8. The molecule has 1 aromatic carbocycles. The maximum atomic E-state index is 12.4. The number of ether oxygens (including phenoxy) is 1. The van der Waals surface area contributed by atoms with Crippen molar-refractivity contribution in [2.75, 3.05) is 11.9 Å². The fourth-order valence-electron chi connectivity index (χ4n) is 1.82. The van der Waals surface area contributed by atoms with Crippen LogP contribution in [0.15, 0.2) is 47.6 Å². The summed E-state index contributed by atoms with van der Waals surface area (Å²) in [5.74, 6) is -0.403. The van der Waals surface area contributed by atoms with Crippen molar-refractivity contribution < 1.29 is 17.9 Å². The van der Waals surface area contributed by atoms with Gasteiger partial charge < -0.3 is 15.8 Å². The fourth-order valence-corrected chi connectivity index (χ4v) is 1.93. The highest BCUT2D eigenvalue weighted by Crippen LogP contribution is 2.29. The second-order valence-electron chi connectivity index (χ2n) is 4.68. The van der Waals surface area contributed by atoms with Gasteiger partial charge in [0.1, 0.15) is 5.15 Å². The molecule has 0 fully saturated rings. The first-order chi connectivity index (χ1) is 11.3. The van der Waals surface area contributed by atoms with E-state index >= 15 is 0 Å².